The van der Waals surface area contributed by atoms with E-state index in [1.165, 1.54) is 12.1 Å². The Labute approximate surface area is 143 Å². The van der Waals surface area contributed by atoms with Crippen LogP contribution in [0.3, 0.4) is 0 Å². The summed E-state index contributed by atoms with van der Waals surface area (Å²) in [6.07, 6.45) is 0. The van der Waals surface area contributed by atoms with Gasteiger partial charge in [0.2, 0.25) is 0 Å². The normalized spacial score (nSPS) is 12.6. The Kier molecular flexibility index (Phi) is 7.86. The monoisotopic (exact) mass is 392 g/mol. The fourth-order valence-corrected chi connectivity index (χ4v) is 3.43. The molecule has 0 atom stereocenters. The first-order valence-electron chi connectivity index (χ1n) is 5.90. The third-order valence-corrected chi connectivity index (χ3v) is 4.96. The number of phosphoric ester groups is 1. The molecule has 9 heteroatoms. The summed E-state index contributed by atoms with van der Waals surface area (Å²) in [6.45, 7) is 3.60. The van der Waals surface area contributed by atoms with Crippen molar-refractivity contribution in [3.05, 3.63) is 38.3 Å². The average molecular weight is 394 g/mol. The molecule has 0 N–H and O–H groups in total. The van der Waals surface area contributed by atoms with Gasteiger partial charge in [-0.15, -0.1) is 0 Å². The number of hydrogen-bond donors (Lipinski definition) is 0. The van der Waals surface area contributed by atoms with E-state index in [0.717, 1.165) is 5.54 Å². The quantitative estimate of drug-likeness (QED) is 0.306. The van der Waals surface area contributed by atoms with Crippen LogP contribution in [0.1, 0.15) is 19.4 Å². The number of halogens is 4. The summed E-state index contributed by atoms with van der Waals surface area (Å²) >= 11 is 23.6. The maximum Gasteiger partial charge on any atom is 0.530 e. The Hall–Kier alpha value is 0.0700. The van der Waals surface area contributed by atoms with Crippen LogP contribution in [0.15, 0.2) is 17.7 Å². The number of phosphoric acid groups is 1. The lowest BCUT2D eigenvalue weighted by atomic mass is 10.2. The van der Waals surface area contributed by atoms with Gasteiger partial charge < -0.3 is 4.52 Å². The van der Waals surface area contributed by atoms with Gasteiger partial charge in [0, 0.05) is 11.1 Å². The van der Waals surface area contributed by atoms with Crippen molar-refractivity contribution in [2.45, 2.75) is 13.8 Å². The van der Waals surface area contributed by atoms with Gasteiger partial charge >= 0.3 is 7.82 Å². The van der Waals surface area contributed by atoms with Gasteiger partial charge in [0.05, 0.1) is 28.3 Å². The summed E-state index contributed by atoms with van der Waals surface area (Å²) in [5, 5.41) is 0.756. The lowest BCUT2D eigenvalue weighted by Gasteiger charge is -2.19. The van der Waals surface area contributed by atoms with Crippen molar-refractivity contribution in [3.8, 4) is 0 Å². The molecule has 1 aromatic carbocycles. The summed E-state index contributed by atoms with van der Waals surface area (Å²) in [5.41, 5.74) is 1.39. The van der Waals surface area contributed by atoms with E-state index in [9.17, 15) is 4.57 Å². The Bertz CT molecular complexity index is 567. The Balaban J connectivity index is 3.15. The maximum absolute atomic E-state index is 12.4. The van der Waals surface area contributed by atoms with E-state index in [4.69, 9.17) is 60.0 Å². The van der Waals surface area contributed by atoms with Crippen molar-refractivity contribution in [2.75, 3.05) is 13.2 Å². The minimum Gasteiger partial charge on any atom is -0.402 e. The van der Waals surface area contributed by atoms with E-state index >= 15 is 0 Å². The van der Waals surface area contributed by atoms with Crippen molar-refractivity contribution in [3.63, 3.8) is 0 Å². The molecule has 0 amide bonds. The zero-order valence-electron chi connectivity index (χ0n) is 11.2. The van der Waals surface area contributed by atoms with Gasteiger partial charge in [-0.2, -0.15) is 0 Å². The fourth-order valence-electron chi connectivity index (χ4n) is 1.37. The fraction of sp³-hybridized carbons (Fsp3) is 0.333. The number of benzene rings is 1. The van der Waals surface area contributed by atoms with Crippen LogP contribution < -0.4 is 0 Å². The maximum atomic E-state index is 12.4. The third kappa shape index (κ3) is 5.33. The first-order valence-corrected chi connectivity index (χ1v) is 8.94. The van der Waals surface area contributed by atoms with Crippen LogP contribution in [0.4, 0.5) is 0 Å². The highest BCUT2D eigenvalue weighted by molar-refractivity contribution is 7.48. The minimum absolute atomic E-state index is 0.00506. The van der Waals surface area contributed by atoms with Gasteiger partial charge in [0.1, 0.15) is 0 Å². The molecule has 0 spiro atoms. The molecule has 1 rings (SSSR count). The molecule has 118 valence electrons. The van der Waals surface area contributed by atoms with E-state index in [2.05, 4.69) is 0 Å². The van der Waals surface area contributed by atoms with E-state index in [1.54, 1.807) is 13.8 Å². The first-order chi connectivity index (χ1) is 9.86. The van der Waals surface area contributed by atoms with Crippen molar-refractivity contribution in [1.29, 1.82) is 0 Å². The molecule has 0 aliphatic rings. The molecule has 0 radical (unpaired) electrons. The molecule has 0 aliphatic carbocycles. The third-order valence-electron chi connectivity index (χ3n) is 2.16. The predicted octanol–water partition coefficient (Wildman–Crippen LogP) is 6.38. The highest BCUT2D eigenvalue weighted by atomic mass is 35.5. The van der Waals surface area contributed by atoms with Crippen molar-refractivity contribution in [1.82, 2.24) is 0 Å². The van der Waals surface area contributed by atoms with Crippen LogP contribution in [-0.4, -0.2) is 13.2 Å². The molecule has 0 saturated carbocycles. The highest BCUT2D eigenvalue weighted by Crippen LogP contribution is 2.53. The molecule has 1 aromatic rings. The van der Waals surface area contributed by atoms with Crippen LogP contribution in [-0.2, 0) is 18.1 Å². The largest absolute Gasteiger partial charge is 0.530 e. The molecule has 0 aliphatic heterocycles. The van der Waals surface area contributed by atoms with Crippen molar-refractivity contribution in [2.24, 2.45) is 0 Å². The minimum atomic E-state index is -3.79. The summed E-state index contributed by atoms with van der Waals surface area (Å²) in [4.78, 5) is 0. The summed E-state index contributed by atoms with van der Waals surface area (Å²) in [5.74, 6) is 0.00506. The standard InChI is InChI=1S/C12H13Cl4O4P/c1-3-18-21(17,19-4-2)20-12(7-13)8-5-10(15)11(16)6-9(8)14/h5-7H,3-4H2,1-2H3/b12-7-. The first kappa shape index (κ1) is 19.1. The Morgan fingerprint density at radius 1 is 1.10 bits per heavy atom. The van der Waals surface area contributed by atoms with Gasteiger partial charge in [-0.1, -0.05) is 46.4 Å². The van der Waals surface area contributed by atoms with Gasteiger partial charge in [0.25, 0.3) is 0 Å². The van der Waals surface area contributed by atoms with E-state index in [0.29, 0.717) is 5.56 Å². The summed E-state index contributed by atoms with van der Waals surface area (Å²) < 4.78 is 27.7. The Morgan fingerprint density at radius 3 is 2.10 bits per heavy atom. The Morgan fingerprint density at radius 2 is 1.62 bits per heavy atom. The van der Waals surface area contributed by atoms with Crippen LogP contribution >= 0.6 is 54.2 Å². The summed E-state index contributed by atoms with van der Waals surface area (Å²) in [6, 6.07) is 2.87. The average Bonchev–Trinajstić information content (AvgIpc) is 2.41. The second-order valence-corrected chi connectivity index (χ2v) is 6.63. The van der Waals surface area contributed by atoms with Crippen molar-refractivity contribution >= 4 is 60.0 Å². The van der Waals surface area contributed by atoms with Crippen LogP contribution in [0.5, 0.6) is 0 Å². The van der Waals surface area contributed by atoms with Crippen LogP contribution in [0.2, 0.25) is 15.1 Å². The van der Waals surface area contributed by atoms with Gasteiger partial charge in [-0.3, -0.25) is 9.05 Å². The zero-order chi connectivity index (χ0) is 16.0. The SMILES string of the molecule is CCOP(=O)(OCC)O/C(=C\Cl)c1cc(Cl)c(Cl)cc1Cl. The molecular formula is C12H13Cl4O4P. The van der Waals surface area contributed by atoms with Crippen molar-refractivity contribution < 1.29 is 18.1 Å². The summed E-state index contributed by atoms with van der Waals surface area (Å²) in [7, 11) is -3.79. The lowest BCUT2D eigenvalue weighted by molar-refractivity contribution is 0.159. The molecule has 0 bridgehead atoms. The second-order valence-electron chi connectivity index (χ2n) is 3.59. The van der Waals surface area contributed by atoms with Crippen LogP contribution in [0.25, 0.3) is 5.76 Å². The molecule has 0 unspecified atom stereocenters. The zero-order valence-corrected chi connectivity index (χ0v) is 15.2. The smallest absolute Gasteiger partial charge is 0.402 e. The molecule has 0 heterocycles. The van der Waals surface area contributed by atoms with E-state index in [1.807, 2.05) is 0 Å². The predicted molar refractivity (Wildman–Crippen MR) is 87.2 cm³/mol. The molecule has 0 aromatic heterocycles. The molecule has 0 fully saturated rings. The van der Waals surface area contributed by atoms with Crippen LogP contribution in [0, 0.1) is 0 Å². The second kappa shape index (κ2) is 8.64. The molecule has 4 nitrogen and oxygen atoms in total. The lowest BCUT2D eigenvalue weighted by Crippen LogP contribution is -2.00. The highest BCUT2D eigenvalue weighted by Gasteiger charge is 2.29. The molecule has 21 heavy (non-hydrogen) atoms. The van der Waals surface area contributed by atoms with Gasteiger partial charge in [-0.05, 0) is 26.0 Å². The number of rotatable bonds is 7. The molecular weight excluding hydrogens is 381 g/mol. The molecule has 0 saturated heterocycles. The topological polar surface area (TPSA) is 44.8 Å². The van der Waals surface area contributed by atoms with E-state index < -0.39 is 7.82 Å². The van der Waals surface area contributed by atoms with Gasteiger partial charge in [-0.25, -0.2) is 4.57 Å². The van der Waals surface area contributed by atoms with E-state index in [-0.39, 0.29) is 34.0 Å². The number of hydrogen-bond acceptors (Lipinski definition) is 4. The van der Waals surface area contributed by atoms with Gasteiger partial charge in [0.15, 0.2) is 5.76 Å².